The minimum absolute atomic E-state index is 0.0531. The molecule has 13 heavy (non-hydrogen) atoms. The van der Waals surface area contributed by atoms with Crippen LogP contribution in [0.1, 0.15) is 26.2 Å². The summed E-state index contributed by atoms with van der Waals surface area (Å²) in [6, 6.07) is 0. The average molecular weight is 186 g/mol. The number of ether oxygens (including phenoxy) is 2. The molecule has 0 aliphatic heterocycles. The molecule has 0 bridgehead atoms. The smallest absolute Gasteiger partial charge is 0.332 e. The van der Waals surface area contributed by atoms with Gasteiger partial charge in [0.2, 0.25) is 0 Å². The summed E-state index contributed by atoms with van der Waals surface area (Å²) in [6.45, 7) is 6.51. The molecule has 0 saturated carbocycles. The predicted octanol–water partition coefficient (Wildman–Crippen LogP) is 1.92. The van der Waals surface area contributed by atoms with Crippen LogP contribution in [0.4, 0.5) is 0 Å². The monoisotopic (exact) mass is 186 g/mol. The van der Waals surface area contributed by atoms with Crippen LogP contribution in [0.3, 0.4) is 0 Å². The van der Waals surface area contributed by atoms with Gasteiger partial charge in [-0.1, -0.05) is 32.4 Å². The van der Waals surface area contributed by atoms with Gasteiger partial charge in [-0.25, -0.2) is 4.79 Å². The van der Waals surface area contributed by atoms with Gasteiger partial charge in [0.1, 0.15) is 13.2 Å². The van der Waals surface area contributed by atoms with Crippen molar-refractivity contribution in [2.45, 2.75) is 26.2 Å². The largest absolute Gasteiger partial charge is 0.460 e. The lowest BCUT2D eigenvalue weighted by atomic mass is 10.3. The summed E-state index contributed by atoms with van der Waals surface area (Å²) in [7, 11) is 0. The fourth-order valence-corrected chi connectivity index (χ4v) is 0.803. The van der Waals surface area contributed by atoms with Crippen LogP contribution in [0.15, 0.2) is 12.7 Å². The minimum Gasteiger partial charge on any atom is -0.460 e. The summed E-state index contributed by atoms with van der Waals surface area (Å²) in [5, 5.41) is 0. The van der Waals surface area contributed by atoms with Gasteiger partial charge in [0.15, 0.2) is 0 Å². The first-order valence-corrected chi connectivity index (χ1v) is 4.65. The van der Waals surface area contributed by atoms with Gasteiger partial charge in [0, 0.05) is 6.61 Å². The van der Waals surface area contributed by atoms with Crippen molar-refractivity contribution >= 4 is 5.97 Å². The summed E-state index contributed by atoms with van der Waals surface area (Å²) in [5.41, 5.74) is 0. The topological polar surface area (TPSA) is 35.5 Å². The van der Waals surface area contributed by atoms with E-state index in [0.717, 1.165) is 19.3 Å². The van der Waals surface area contributed by atoms with Crippen molar-refractivity contribution in [1.29, 1.82) is 0 Å². The summed E-state index contributed by atoms with van der Waals surface area (Å²) >= 11 is 0. The standard InChI is InChI=1S/C10H18O3/c1-3-5-6-8-12-9-10(11)13-7-4-2/h4H,2-3,5-9H2,1H3. The Morgan fingerprint density at radius 1 is 1.46 bits per heavy atom. The molecule has 0 unspecified atom stereocenters. The van der Waals surface area contributed by atoms with Crippen LogP contribution >= 0.6 is 0 Å². The van der Waals surface area contributed by atoms with E-state index in [-0.39, 0.29) is 19.2 Å². The molecule has 0 radical (unpaired) electrons. The molecule has 0 spiro atoms. The number of esters is 1. The highest BCUT2D eigenvalue weighted by atomic mass is 16.6. The molecule has 0 fully saturated rings. The van der Waals surface area contributed by atoms with Gasteiger partial charge in [-0.2, -0.15) is 0 Å². The molecule has 0 saturated heterocycles. The number of hydrogen-bond donors (Lipinski definition) is 0. The van der Waals surface area contributed by atoms with Crippen molar-refractivity contribution in [1.82, 2.24) is 0 Å². The van der Waals surface area contributed by atoms with E-state index < -0.39 is 0 Å². The Bertz CT molecular complexity index is 143. The molecule has 0 atom stereocenters. The number of unbranched alkanes of at least 4 members (excludes halogenated alkanes) is 2. The average Bonchev–Trinajstić information content (AvgIpc) is 2.14. The molecule has 0 aromatic heterocycles. The third-order valence-corrected chi connectivity index (χ3v) is 1.47. The molecule has 0 aromatic rings. The van der Waals surface area contributed by atoms with Gasteiger partial charge in [0.05, 0.1) is 0 Å². The second-order valence-corrected chi connectivity index (χ2v) is 2.73. The quantitative estimate of drug-likeness (QED) is 0.330. The fraction of sp³-hybridized carbons (Fsp3) is 0.700. The van der Waals surface area contributed by atoms with Crippen LogP contribution in [-0.4, -0.2) is 25.8 Å². The molecule has 0 rings (SSSR count). The van der Waals surface area contributed by atoms with Crippen LogP contribution in [-0.2, 0) is 14.3 Å². The second-order valence-electron chi connectivity index (χ2n) is 2.73. The maximum atomic E-state index is 10.8. The van der Waals surface area contributed by atoms with Crippen molar-refractivity contribution in [3.63, 3.8) is 0 Å². The van der Waals surface area contributed by atoms with E-state index in [4.69, 9.17) is 9.47 Å². The molecule has 0 heterocycles. The van der Waals surface area contributed by atoms with Crippen LogP contribution in [0.2, 0.25) is 0 Å². The van der Waals surface area contributed by atoms with Crippen molar-refractivity contribution < 1.29 is 14.3 Å². The van der Waals surface area contributed by atoms with Crippen LogP contribution in [0.25, 0.3) is 0 Å². The van der Waals surface area contributed by atoms with Gasteiger partial charge in [-0.3, -0.25) is 0 Å². The lowest BCUT2D eigenvalue weighted by Gasteiger charge is -2.03. The second kappa shape index (κ2) is 9.26. The number of rotatable bonds is 8. The Hall–Kier alpha value is -0.830. The highest BCUT2D eigenvalue weighted by Crippen LogP contribution is 1.94. The van der Waals surface area contributed by atoms with Crippen molar-refractivity contribution in [2.24, 2.45) is 0 Å². The first-order chi connectivity index (χ1) is 6.31. The molecular formula is C10H18O3. The zero-order chi connectivity index (χ0) is 9.94. The molecule has 0 aromatic carbocycles. The van der Waals surface area contributed by atoms with E-state index in [9.17, 15) is 4.79 Å². The first-order valence-electron chi connectivity index (χ1n) is 4.65. The van der Waals surface area contributed by atoms with Gasteiger partial charge in [-0.05, 0) is 6.42 Å². The van der Waals surface area contributed by atoms with Gasteiger partial charge >= 0.3 is 5.97 Å². The van der Waals surface area contributed by atoms with Gasteiger partial charge < -0.3 is 9.47 Å². The molecule has 3 nitrogen and oxygen atoms in total. The van der Waals surface area contributed by atoms with E-state index in [1.807, 2.05) is 0 Å². The van der Waals surface area contributed by atoms with Gasteiger partial charge in [-0.15, -0.1) is 0 Å². The molecule has 3 heteroatoms. The lowest BCUT2D eigenvalue weighted by Crippen LogP contribution is -2.13. The molecule has 0 aliphatic rings. The van der Waals surface area contributed by atoms with Crippen LogP contribution in [0, 0.1) is 0 Å². The zero-order valence-corrected chi connectivity index (χ0v) is 8.25. The summed E-state index contributed by atoms with van der Waals surface area (Å²) in [4.78, 5) is 10.8. The number of carbonyl (C=O) groups is 1. The third kappa shape index (κ3) is 9.08. The highest BCUT2D eigenvalue weighted by molar-refractivity contribution is 5.70. The molecule has 0 N–H and O–H groups in total. The number of carbonyl (C=O) groups excluding carboxylic acids is 1. The summed E-state index contributed by atoms with van der Waals surface area (Å²) in [5.74, 6) is -0.323. The molecule has 0 amide bonds. The van der Waals surface area contributed by atoms with E-state index in [1.165, 1.54) is 6.08 Å². The number of hydrogen-bond acceptors (Lipinski definition) is 3. The third-order valence-electron chi connectivity index (χ3n) is 1.47. The maximum Gasteiger partial charge on any atom is 0.332 e. The van der Waals surface area contributed by atoms with Crippen molar-refractivity contribution in [3.8, 4) is 0 Å². The SMILES string of the molecule is C=CCOC(=O)COCCCCC. The Morgan fingerprint density at radius 3 is 2.85 bits per heavy atom. The van der Waals surface area contributed by atoms with E-state index >= 15 is 0 Å². The first kappa shape index (κ1) is 12.2. The van der Waals surface area contributed by atoms with Gasteiger partial charge in [0.25, 0.3) is 0 Å². The Balaban J connectivity index is 3.12. The normalized spacial score (nSPS) is 9.62. The Morgan fingerprint density at radius 2 is 2.23 bits per heavy atom. The van der Waals surface area contributed by atoms with Crippen LogP contribution < -0.4 is 0 Å². The lowest BCUT2D eigenvalue weighted by molar-refractivity contribution is -0.147. The van der Waals surface area contributed by atoms with E-state index in [2.05, 4.69) is 13.5 Å². The van der Waals surface area contributed by atoms with Crippen LogP contribution in [0.5, 0.6) is 0 Å². The maximum absolute atomic E-state index is 10.8. The zero-order valence-electron chi connectivity index (χ0n) is 8.25. The van der Waals surface area contributed by atoms with Crippen molar-refractivity contribution in [2.75, 3.05) is 19.8 Å². The van der Waals surface area contributed by atoms with Crippen molar-refractivity contribution in [3.05, 3.63) is 12.7 Å². The summed E-state index contributed by atoms with van der Waals surface area (Å²) < 4.78 is 9.80. The highest BCUT2D eigenvalue weighted by Gasteiger charge is 2.00. The fourth-order valence-electron chi connectivity index (χ4n) is 0.803. The van der Waals surface area contributed by atoms with E-state index in [0.29, 0.717) is 6.61 Å². The molecule has 76 valence electrons. The predicted molar refractivity (Wildman–Crippen MR) is 51.5 cm³/mol. The summed E-state index contributed by atoms with van der Waals surface area (Å²) in [6.07, 6.45) is 4.84. The van der Waals surface area contributed by atoms with E-state index in [1.54, 1.807) is 0 Å². The molecule has 0 aliphatic carbocycles. The minimum atomic E-state index is -0.323. The Labute approximate surface area is 79.7 Å². The Kier molecular flexibility index (Phi) is 8.67. The molecular weight excluding hydrogens is 168 g/mol.